The fourth-order valence-corrected chi connectivity index (χ4v) is 2.96. The average Bonchev–Trinajstić information content (AvgIpc) is 3.37. The van der Waals surface area contributed by atoms with Gasteiger partial charge in [-0.15, -0.1) is 0 Å². The van der Waals surface area contributed by atoms with Crippen molar-refractivity contribution in [2.75, 3.05) is 24.5 Å². The van der Waals surface area contributed by atoms with Gasteiger partial charge in [-0.2, -0.15) is 0 Å². The summed E-state index contributed by atoms with van der Waals surface area (Å²) in [7, 11) is 0. The van der Waals surface area contributed by atoms with E-state index in [1.54, 1.807) is 18.2 Å². The van der Waals surface area contributed by atoms with Gasteiger partial charge in [0, 0.05) is 24.7 Å². The molecule has 0 spiro atoms. The predicted molar refractivity (Wildman–Crippen MR) is 97.4 cm³/mol. The molecule has 1 aromatic carbocycles. The number of carbonyl (C=O) groups is 2. The van der Waals surface area contributed by atoms with Gasteiger partial charge in [0.2, 0.25) is 5.91 Å². The summed E-state index contributed by atoms with van der Waals surface area (Å²) in [6.45, 7) is 1.52. The Morgan fingerprint density at radius 3 is 2.63 bits per heavy atom. The van der Waals surface area contributed by atoms with Crippen molar-refractivity contribution in [2.45, 2.75) is 19.4 Å². The van der Waals surface area contributed by atoms with E-state index in [0.717, 1.165) is 25.9 Å². The fourth-order valence-electron chi connectivity index (χ4n) is 2.96. The quantitative estimate of drug-likeness (QED) is 0.566. The number of nitro benzene ring substituents is 1. The van der Waals surface area contributed by atoms with Crippen LogP contribution in [0.25, 0.3) is 0 Å². The highest BCUT2D eigenvalue weighted by molar-refractivity contribution is 5.97. The standard InChI is InChI=1S/C18H20N4O5/c23-17(19-11-14-4-3-9-27-14)12-20-18(24)13-5-6-15(16(10-13)22(25)26)21-7-1-2-8-21/h3-6,9-10H,1-2,7-8,11-12H2,(H,19,23)(H,20,24). The monoisotopic (exact) mass is 372 g/mol. The van der Waals surface area contributed by atoms with E-state index < -0.39 is 10.8 Å². The normalized spacial score (nSPS) is 13.4. The zero-order valence-electron chi connectivity index (χ0n) is 14.6. The Bertz CT molecular complexity index is 828. The zero-order valence-corrected chi connectivity index (χ0v) is 14.6. The van der Waals surface area contributed by atoms with E-state index in [-0.39, 0.29) is 30.2 Å². The van der Waals surface area contributed by atoms with Crippen LogP contribution in [0.15, 0.2) is 41.0 Å². The highest BCUT2D eigenvalue weighted by Crippen LogP contribution is 2.31. The second kappa shape index (κ2) is 8.35. The molecule has 0 unspecified atom stereocenters. The second-order valence-corrected chi connectivity index (χ2v) is 6.19. The smallest absolute Gasteiger partial charge is 0.293 e. The van der Waals surface area contributed by atoms with E-state index in [1.165, 1.54) is 18.4 Å². The number of amides is 2. The van der Waals surface area contributed by atoms with Crippen LogP contribution in [0, 0.1) is 10.1 Å². The zero-order chi connectivity index (χ0) is 19.2. The summed E-state index contributed by atoms with van der Waals surface area (Å²) in [5.74, 6) is -0.329. The molecule has 2 N–H and O–H groups in total. The highest BCUT2D eigenvalue weighted by Gasteiger charge is 2.23. The first-order chi connectivity index (χ1) is 13.0. The third-order valence-corrected chi connectivity index (χ3v) is 4.33. The maximum absolute atomic E-state index is 12.2. The van der Waals surface area contributed by atoms with Crippen molar-refractivity contribution < 1.29 is 18.9 Å². The first kappa shape index (κ1) is 18.4. The van der Waals surface area contributed by atoms with Crippen molar-refractivity contribution in [1.82, 2.24) is 10.6 Å². The average molecular weight is 372 g/mol. The lowest BCUT2D eigenvalue weighted by Gasteiger charge is -2.17. The summed E-state index contributed by atoms with van der Waals surface area (Å²) in [5, 5.41) is 16.5. The molecular weight excluding hydrogens is 352 g/mol. The predicted octanol–water partition coefficient (Wildman–Crippen LogP) is 1.83. The number of carbonyl (C=O) groups excluding carboxylic acids is 2. The maximum Gasteiger partial charge on any atom is 0.293 e. The number of nitrogens with zero attached hydrogens (tertiary/aromatic N) is 2. The van der Waals surface area contributed by atoms with Gasteiger partial charge >= 0.3 is 0 Å². The van der Waals surface area contributed by atoms with E-state index in [4.69, 9.17) is 4.42 Å². The summed E-state index contributed by atoms with van der Waals surface area (Å²) in [6, 6.07) is 7.82. The Kier molecular flexibility index (Phi) is 5.70. The van der Waals surface area contributed by atoms with Crippen molar-refractivity contribution in [3.05, 3.63) is 58.0 Å². The molecule has 9 nitrogen and oxygen atoms in total. The molecule has 2 aromatic rings. The molecule has 1 saturated heterocycles. The lowest BCUT2D eigenvalue weighted by Crippen LogP contribution is -2.36. The molecular formula is C18H20N4O5. The number of furan rings is 1. The van der Waals surface area contributed by atoms with E-state index in [2.05, 4.69) is 10.6 Å². The molecule has 1 aromatic heterocycles. The van der Waals surface area contributed by atoms with Crippen LogP contribution in [0.1, 0.15) is 29.0 Å². The Morgan fingerprint density at radius 1 is 1.19 bits per heavy atom. The molecule has 2 heterocycles. The van der Waals surface area contributed by atoms with Gasteiger partial charge in [0.05, 0.1) is 24.3 Å². The van der Waals surface area contributed by atoms with Gasteiger partial charge in [0.25, 0.3) is 11.6 Å². The number of hydrogen-bond donors (Lipinski definition) is 2. The lowest BCUT2D eigenvalue weighted by atomic mass is 10.1. The molecule has 0 aliphatic carbocycles. The Hall–Kier alpha value is -3.36. The topological polar surface area (TPSA) is 118 Å². The van der Waals surface area contributed by atoms with Crippen molar-refractivity contribution >= 4 is 23.2 Å². The number of nitro groups is 1. The molecule has 142 valence electrons. The first-order valence-electron chi connectivity index (χ1n) is 8.65. The second-order valence-electron chi connectivity index (χ2n) is 6.19. The van der Waals surface area contributed by atoms with Crippen LogP contribution in [0.2, 0.25) is 0 Å². The Balaban J connectivity index is 1.59. The Morgan fingerprint density at radius 2 is 1.96 bits per heavy atom. The van der Waals surface area contributed by atoms with Gasteiger partial charge in [0.1, 0.15) is 11.4 Å². The molecule has 0 radical (unpaired) electrons. The molecule has 0 saturated carbocycles. The molecule has 2 amide bonds. The van der Waals surface area contributed by atoms with Crippen molar-refractivity contribution in [2.24, 2.45) is 0 Å². The number of anilines is 1. The molecule has 3 rings (SSSR count). The minimum atomic E-state index is -0.542. The third kappa shape index (κ3) is 4.63. The van der Waals surface area contributed by atoms with Crippen molar-refractivity contribution in [1.29, 1.82) is 0 Å². The van der Waals surface area contributed by atoms with E-state index >= 15 is 0 Å². The molecule has 27 heavy (non-hydrogen) atoms. The summed E-state index contributed by atoms with van der Waals surface area (Å²) in [5.41, 5.74) is 0.556. The van der Waals surface area contributed by atoms with Crippen LogP contribution < -0.4 is 15.5 Å². The first-order valence-corrected chi connectivity index (χ1v) is 8.65. The molecule has 1 fully saturated rings. The van der Waals surface area contributed by atoms with Crippen LogP contribution >= 0.6 is 0 Å². The number of hydrogen-bond acceptors (Lipinski definition) is 6. The highest BCUT2D eigenvalue weighted by atomic mass is 16.6. The van der Waals surface area contributed by atoms with Crippen LogP contribution in [0.3, 0.4) is 0 Å². The molecule has 9 heteroatoms. The summed E-state index contributed by atoms with van der Waals surface area (Å²) in [4.78, 5) is 36.9. The van der Waals surface area contributed by atoms with Gasteiger partial charge in [-0.1, -0.05) is 0 Å². The number of rotatable bonds is 7. The van der Waals surface area contributed by atoms with Gasteiger partial charge in [0.15, 0.2) is 0 Å². The number of nitrogens with one attached hydrogen (secondary N) is 2. The fraction of sp³-hybridized carbons (Fsp3) is 0.333. The minimum absolute atomic E-state index is 0.105. The van der Waals surface area contributed by atoms with E-state index in [9.17, 15) is 19.7 Å². The molecule has 1 aliphatic rings. The Labute approximate surface area is 155 Å². The summed E-state index contributed by atoms with van der Waals surface area (Å²) >= 11 is 0. The SMILES string of the molecule is O=C(CNC(=O)c1ccc(N2CCCC2)c([N+](=O)[O-])c1)NCc1ccco1. The van der Waals surface area contributed by atoms with Crippen LogP contribution in [-0.4, -0.2) is 36.4 Å². The van der Waals surface area contributed by atoms with Crippen molar-refractivity contribution in [3.63, 3.8) is 0 Å². The molecule has 0 bridgehead atoms. The summed E-state index contributed by atoms with van der Waals surface area (Å²) in [6.07, 6.45) is 3.49. The molecule has 1 aliphatic heterocycles. The molecule has 0 atom stereocenters. The van der Waals surface area contributed by atoms with E-state index in [1.807, 2.05) is 4.90 Å². The van der Waals surface area contributed by atoms with Crippen molar-refractivity contribution in [3.8, 4) is 0 Å². The number of benzene rings is 1. The lowest BCUT2D eigenvalue weighted by molar-refractivity contribution is -0.384. The maximum atomic E-state index is 12.2. The minimum Gasteiger partial charge on any atom is -0.467 e. The van der Waals surface area contributed by atoms with Crippen LogP contribution in [0.5, 0.6) is 0 Å². The van der Waals surface area contributed by atoms with E-state index in [0.29, 0.717) is 11.4 Å². The largest absolute Gasteiger partial charge is 0.467 e. The summed E-state index contributed by atoms with van der Waals surface area (Å²) < 4.78 is 5.10. The van der Waals surface area contributed by atoms with Gasteiger partial charge in [-0.05, 0) is 37.1 Å². The van der Waals surface area contributed by atoms with Gasteiger partial charge < -0.3 is 20.0 Å². The van der Waals surface area contributed by atoms with Crippen LogP contribution in [-0.2, 0) is 11.3 Å². The third-order valence-electron chi connectivity index (χ3n) is 4.33. The van der Waals surface area contributed by atoms with Gasteiger partial charge in [-0.25, -0.2) is 0 Å². The van der Waals surface area contributed by atoms with Gasteiger partial charge in [-0.3, -0.25) is 19.7 Å². The van der Waals surface area contributed by atoms with Crippen LogP contribution in [0.4, 0.5) is 11.4 Å².